The first-order chi connectivity index (χ1) is 8.49. The molecule has 0 spiro atoms. The Hall–Kier alpha value is -1.29. The van der Waals surface area contributed by atoms with E-state index in [9.17, 15) is 4.79 Å². The quantitative estimate of drug-likeness (QED) is 0.895. The fraction of sp³-hybridized carbons (Fsp3) is 0.538. The van der Waals surface area contributed by atoms with Gasteiger partial charge in [-0.3, -0.25) is 4.79 Å². The number of halogens is 1. The molecule has 1 aliphatic heterocycles. The van der Waals surface area contributed by atoms with Crippen LogP contribution in [0.5, 0.6) is 0 Å². The average Bonchev–Trinajstić information content (AvgIpc) is 2.81. The number of aromatic nitrogens is 1. The Balaban J connectivity index is 2.15. The number of amides is 1. The lowest BCUT2D eigenvalue weighted by Crippen LogP contribution is -2.29. The van der Waals surface area contributed by atoms with Crippen molar-refractivity contribution >= 4 is 23.3 Å². The highest BCUT2D eigenvalue weighted by atomic mass is 35.5. The molecule has 2 rings (SSSR count). The number of carbonyl (C=O) groups is 1. The van der Waals surface area contributed by atoms with E-state index in [2.05, 4.69) is 18.8 Å². The number of hydrogen-bond acceptors (Lipinski definition) is 3. The van der Waals surface area contributed by atoms with Crippen molar-refractivity contribution in [3.8, 4) is 0 Å². The zero-order valence-electron chi connectivity index (χ0n) is 10.7. The topological polar surface area (TPSA) is 59.2 Å². The first kappa shape index (κ1) is 13.1. The minimum absolute atomic E-state index is 0.0442. The summed E-state index contributed by atoms with van der Waals surface area (Å²) in [6.45, 7) is 5.97. The molecule has 0 saturated carbocycles. The van der Waals surface area contributed by atoms with E-state index < -0.39 is 0 Å². The van der Waals surface area contributed by atoms with E-state index >= 15 is 0 Å². The van der Waals surface area contributed by atoms with E-state index in [1.165, 1.54) is 6.20 Å². The van der Waals surface area contributed by atoms with Gasteiger partial charge in [0.05, 0.1) is 10.6 Å². The van der Waals surface area contributed by atoms with Gasteiger partial charge in [-0.2, -0.15) is 0 Å². The predicted octanol–water partition coefficient (Wildman–Crippen LogP) is 2.44. The Kier molecular flexibility index (Phi) is 3.76. The maximum atomic E-state index is 12.3. The van der Waals surface area contributed by atoms with Gasteiger partial charge in [-0.05, 0) is 24.3 Å². The molecule has 1 amide bonds. The molecule has 5 heteroatoms. The monoisotopic (exact) mass is 267 g/mol. The molecule has 2 N–H and O–H groups in total. The molecule has 1 aliphatic rings. The number of pyridine rings is 1. The van der Waals surface area contributed by atoms with Crippen molar-refractivity contribution in [3.63, 3.8) is 0 Å². The molecule has 4 nitrogen and oxygen atoms in total. The number of nitrogens with two attached hydrogens (primary N) is 1. The van der Waals surface area contributed by atoms with Crippen molar-refractivity contribution in [3.05, 3.63) is 22.8 Å². The number of nitrogens with zero attached hydrogens (tertiary/aromatic N) is 2. The smallest absolute Gasteiger partial charge is 0.255 e. The summed E-state index contributed by atoms with van der Waals surface area (Å²) < 4.78 is 0. The summed E-state index contributed by atoms with van der Waals surface area (Å²) in [5.74, 6) is 1.45. The van der Waals surface area contributed by atoms with Gasteiger partial charge < -0.3 is 10.6 Å². The second kappa shape index (κ2) is 5.14. The molecular formula is C13H18ClN3O. The third kappa shape index (κ3) is 2.58. The zero-order chi connectivity index (χ0) is 13.3. The summed E-state index contributed by atoms with van der Waals surface area (Å²) >= 11 is 6.00. The van der Waals surface area contributed by atoms with E-state index in [4.69, 9.17) is 17.3 Å². The fourth-order valence-electron chi connectivity index (χ4n) is 2.31. The first-order valence-electron chi connectivity index (χ1n) is 6.19. The zero-order valence-corrected chi connectivity index (χ0v) is 11.4. The SMILES string of the molecule is CC(C)C1CCN(C(=O)c2cc(N)ncc2Cl)C1. The van der Waals surface area contributed by atoms with Gasteiger partial charge in [0.25, 0.3) is 5.91 Å². The lowest BCUT2D eigenvalue weighted by atomic mass is 9.95. The van der Waals surface area contributed by atoms with E-state index in [0.29, 0.717) is 28.2 Å². The van der Waals surface area contributed by atoms with Crippen LogP contribution in [0, 0.1) is 11.8 Å². The summed E-state index contributed by atoms with van der Waals surface area (Å²) in [4.78, 5) is 18.1. The number of anilines is 1. The number of likely N-dealkylation sites (tertiary alicyclic amines) is 1. The van der Waals surface area contributed by atoms with Gasteiger partial charge >= 0.3 is 0 Å². The van der Waals surface area contributed by atoms with Crippen LogP contribution in [0.2, 0.25) is 5.02 Å². The molecule has 0 radical (unpaired) electrons. The van der Waals surface area contributed by atoms with Crippen LogP contribution >= 0.6 is 11.6 Å². The van der Waals surface area contributed by atoms with Crippen molar-refractivity contribution in [1.82, 2.24) is 9.88 Å². The second-order valence-corrected chi connectivity index (χ2v) is 5.54. The molecule has 0 aliphatic carbocycles. The number of nitrogen functional groups attached to an aromatic ring is 1. The molecule has 1 saturated heterocycles. The summed E-state index contributed by atoms with van der Waals surface area (Å²) in [5, 5.41) is 0.363. The molecular weight excluding hydrogens is 250 g/mol. The maximum Gasteiger partial charge on any atom is 0.255 e. The van der Waals surface area contributed by atoms with E-state index in [1.807, 2.05) is 4.90 Å². The molecule has 18 heavy (non-hydrogen) atoms. The van der Waals surface area contributed by atoms with Crippen molar-refractivity contribution in [1.29, 1.82) is 0 Å². The normalized spacial score (nSPS) is 19.6. The molecule has 1 aromatic heterocycles. The third-order valence-corrected chi connectivity index (χ3v) is 3.86. The van der Waals surface area contributed by atoms with Crippen LogP contribution in [0.1, 0.15) is 30.6 Å². The average molecular weight is 268 g/mol. The van der Waals surface area contributed by atoms with Crippen molar-refractivity contribution in [2.75, 3.05) is 18.8 Å². The van der Waals surface area contributed by atoms with Gasteiger partial charge in [0.15, 0.2) is 0 Å². The highest BCUT2D eigenvalue weighted by Crippen LogP contribution is 2.26. The molecule has 0 aromatic carbocycles. The Bertz CT molecular complexity index is 462. The van der Waals surface area contributed by atoms with Gasteiger partial charge in [0, 0.05) is 19.3 Å². The van der Waals surface area contributed by atoms with E-state index in [0.717, 1.165) is 19.5 Å². The van der Waals surface area contributed by atoms with E-state index in [1.54, 1.807) is 6.07 Å². The summed E-state index contributed by atoms with van der Waals surface area (Å²) in [5.41, 5.74) is 6.05. The first-order valence-corrected chi connectivity index (χ1v) is 6.57. The number of carbonyl (C=O) groups excluding carboxylic acids is 1. The van der Waals surface area contributed by atoms with Gasteiger partial charge in [0.1, 0.15) is 5.82 Å². The number of rotatable bonds is 2. The van der Waals surface area contributed by atoms with Crippen molar-refractivity contribution < 1.29 is 4.79 Å². The Morgan fingerprint density at radius 2 is 2.33 bits per heavy atom. The maximum absolute atomic E-state index is 12.3. The van der Waals surface area contributed by atoms with Crippen molar-refractivity contribution in [2.45, 2.75) is 20.3 Å². The molecule has 0 bridgehead atoms. The lowest BCUT2D eigenvalue weighted by molar-refractivity contribution is 0.0784. The largest absolute Gasteiger partial charge is 0.384 e. The highest BCUT2D eigenvalue weighted by Gasteiger charge is 2.29. The Morgan fingerprint density at radius 1 is 1.61 bits per heavy atom. The van der Waals surface area contributed by atoms with Crippen LogP contribution in [-0.2, 0) is 0 Å². The standard InChI is InChI=1S/C13H18ClN3O/c1-8(2)9-3-4-17(7-9)13(18)10-5-12(15)16-6-11(10)14/h5-6,8-9H,3-4,7H2,1-2H3,(H2,15,16). The molecule has 1 atom stereocenters. The third-order valence-electron chi connectivity index (χ3n) is 3.56. The van der Waals surface area contributed by atoms with Crippen LogP contribution in [0.4, 0.5) is 5.82 Å². The summed E-state index contributed by atoms with van der Waals surface area (Å²) in [6.07, 6.45) is 2.49. The van der Waals surface area contributed by atoms with Gasteiger partial charge in [-0.15, -0.1) is 0 Å². The van der Waals surface area contributed by atoms with Gasteiger partial charge in [-0.25, -0.2) is 4.98 Å². The molecule has 98 valence electrons. The van der Waals surface area contributed by atoms with Crippen LogP contribution < -0.4 is 5.73 Å². The Morgan fingerprint density at radius 3 is 2.94 bits per heavy atom. The Labute approximate surface area is 112 Å². The summed E-state index contributed by atoms with van der Waals surface area (Å²) in [6, 6.07) is 1.55. The lowest BCUT2D eigenvalue weighted by Gasteiger charge is -2.18. The van der Waals surface area contributed by atoms with Crippen molar-refractivity contribution in [2.24, 2.45) is 11.8 Å². The molecule has 1 unspecified atom stereocenters. The van der Waals surface area contributed by atoms with Crippen LogP contribution in [0.25, 0.3) is 0 Å². The summed E-state index contributed by atoms with van der Waals surface area (Å²) in [7, 11) is 0. The highest BCUT2D eigenvalue weighted by molar-refractivity contribution is 6.33. The minimum atomic E-state index is -0.0442. The second-order valence-electron chi connectivity index (χ2n) is 5.13. The van der Waals surface area contributed by atoms with Crippen LogP contribution in [-0.4, -0.2) is 28.9 Å². The molecule has 1 fully saturated rings. The van der Waals surface area contributed by atoms with E-state index in [-0.39, 0.29) is 5.91 Å². The minimum Gasteiger partial charge on any atom is -0.384 e. The van der Waals surface area contributed by atoms with Crippen LogP contribution in [0.15, 0.2) is 12.3 Å². The molecule has 1 aromatic rings. The predicted molar refractivity (Wildman–Crippen MR) is 72.5 cm³/mol. The van der Waals surface area contributed by atoms with Crippen LogP contribution in [0.3, 0.4) is 0 Å². The van der Waals surface area contributed by atoms with Gasteiger partial charge in [0.2, 0.25) is 0 Å². The molecule has 2 heterocycles. The number of hydrogen-bond donors (Lipinski definition) is 1. The fourth-order valence-corrected chi connectivity index (χ4v) is 2.49. The van der Waals surface area contributed by atoms with Gasteiger partial charge in [-0.1, -0.05) is 25.4 Å².